The van der Waals surface area contributed by atoms with E-state index in [0.29, 0.717) is 0 Å². The standard InChI is InChI=1S/C18H18/c1-2-7-15(8-3-1)13-14-17-11-6-10-16-9-4-5-12-18(16)17/h1-5,7-9,11-12H,6,10,13-14H2. The van der Waals surface area contributed by atoms with Crippen LogP contribution in [0, 0.1) is 0 Å². The van der Waals surface area contributed by atoms with Crippen LogP contribution in [0.1, 0.15) is 29.5 Å². The first-order valence-electron chi connectivity index (χ1n) is 6.75. The zero-order valence-corrected chi connectivity index (χ0v) is 10.6. The first-order chi connectivity index (χ1) is 8.93. The minimum atomic E-state index is 1.14. The van der Waals surface area contributed by atoms with Crippen molar-refractivity contribution in [1.82, 2.24) is 0 Å². The second kappa shape index (κ2) is 5.22. The van der Waals surface area contributed by atoms with Gasteiger partial charge in [-0.05, 0) is 47.9 Å². The molecule has 3 rings (SSSR count). The molecule has 0 unspecified atom stereocenters. The van der Waals surface area contributed by atoms with Gasteiger partial charge >= 0.3 is 0 Å². The summed E-state index contributed by atoms with van der Waals surface area (Å²) in [6.45, 7) is 0. The van der Waals surface area contributed by atoms with Crippen LogP contribution in [0.4, 0.5) is 0 Å². The molecule has 1 aliphatic rings. The third-order valence-electron chi connectivity index (χ3n) is 3.69. The predicted octanol–water partition coefficient (Wildman–Crippen LogP) is 4.65. The van der Waals surface area contributed by atoms with E-state index in [9.17, 15) is 0 Å². The molecule has 0 spiro atoms. The van der Waals surface area contributed by atoms with Gasteiger partial charge in [-0.3, -0.25) is 0 Å². The molecule has 0 aromatic heterocycles. The fraction of sp³-hybridized carbons (Fsp3) is 0.222. The van der Waals surface area contributed by atoms with Gasteiger partial charge < -0.3 is 0 Å². The van der Waals surface area contributed by atoms with Crippen molar-refractivity contribution in [2.75, 3.05) is 0 Å². The van der Waals surface area contributed by atoms with Gasteiger partial charge in [0.15, 0.2) is 0 Å². The molecular formula is C18H18. The maximum absolute atomic E-state index is 2.42. The zero-order valence-electron chi connectivity index (χ0n) is 10.6. The molecule has 0 bridgehead atoms. The molecule has 0 aliphatic heterocycles. The van der Waals surface area contributed by atoms with E-state index < -0.39 is 0 Å². The van der Waals surface area contributed by atoms with Crippen LogP contribution in [0.2, 0.25) is 0 Å². The largest absolute Gasteiger partial charge is 0.0804 e. The van der Waals surface area contributed by atoms with Gasteiger partial charge in [0.1, 0.15) is 0 Å². The molecule has 0 saturated carbocycles. The van der Waals surface area contributed by atoms with E-state index in [4.69, 9.17) is 0 Å². The van der Waals surface area contributed by atoms with E-state index in [-0.39, 0.29) is 0 Å². The van der Waals surface area contributed by atoms with E-state index in [2.05, 4.69) is 60.7 Å². The maximum Gasteiger partial charge on any atom is -0.0195 e. The van der Waals surface area contributed by atoms with Gasteiger partial charge in [0.05, 0.1) is 0 Å². The number of benzene rings is 2. The summed E-state index contributed by atoms with van der Waals surface area (Å²) in [5.74, 6) is 0. The number of aryl methyl sites for hydroxylation is 2. The molecule has 90 valence electrons. The highest BCUT2D eigenvalue weighted by atomic mass is 14.2. The number of hydrogen-bond donors (Lipinski definition) is 0. The first kappa shape index (κ1) is 11.3. The van der Waals surface area contributed by atoms with Crippen LogP contribution in [-0.2, 0) is 12.8 Å². The minimum Gasteiger partial charge on any atom is -0.0804 e. The van der Waals surface area contributed by atoms with E-state index >= 15 is 0 Å². The van der Waals surface area contributed by atoms with Crippen LogP contribution < -0.4 is 0 Å². The number of hydrogen-bond acceptors (Lipinski definition) is 0. The van der Waals surface area contributed by atoms with Crippen molar-refractivity contribution in [2.45, 2.75) is 25.7 Å². The molecule has 0 atom stereocenters. The molecule has 0 N–H and O–H groups in total. The van der Waals surface area contributed by atoms with Crippen molar-refractivity contribution in [3.05, 3.63) is 77.4 Å². The Kier molecular flexibility index (Phi) is 3.27. The second-order valence-electron chi connectivity index (χ2n) is 4.91. The van der Waals surface area contributed by atoms with Gasteiger partial charge in [0.2, 0.25) is 0 Å². The van der Waals surface area contributed by atoms with Crippen molar-refractivity contribution in [1.29, 1.82) is 0 Å². The van der Waals surface area contributed by atoms with Gasteiger partial charge in [-0.15, -0.1) is 0 Å². The van der Waals surface area contributed by atoms with Gasteiger partial charge in [0, 0.05) is 0 Å². The van der Waals surface area contributed by atoms with Crippen LogP contribution in [0.5, 0.6) is 0 Å². The molecule has 0 saturated heterocycles. The second-order valence-corrected chi connectivity index (χ2v) is 4.91. The summed E-state index contributed by atoms with van der Waals surface area (Å²) in [5, 5.41) is 0. The Morgan fingerprint density at radius 3 is 2.44 bits per heavy atom. The monoisotopic (exact) mass is 234 g/mol. The average molecular weight is 234 g/mol. The number of allylic oxidation sites excluding steroid dienone is 2. The van der Waals surface area contributed by atoms with Gasteiger partial charge in [-0.25, -0.2) is 0 Å². The van der Waals surface area contributed by atoms with Crippen molar-refractivity contribution in [3.63, 3.8) is 0 Å². The summed E-state index contributed by atoms with van der Waals surface area (Å²) >= 11 is 0. The maximum atomic E-state index is 2.42. The summed E-state index contributed by atoms with van der Waals surface area (Å²) in [5.41, 5.74) is 5.95. The molecule has 2 aromatic rings. The van der Waals surface area contributed by atoms with E-state index in [1.54, 1.807) is 0 Å². The summed E-state index contributed by atoms with van der Waals surface area (Å²) in [6.07, 6.45) is 7.11. The molecule has 0 amide bonds. The highest BCUT2D eigenvalue weighted by molar-refractivity contribution is 5.70. The van der Waals surface area contributed by atoms with Crippen LogP contribution in [0.3, 0.4) is 0 Å². The van der Waals surface area contributed by atoms with Gasteiger partial charge in [-0.2, -0.15) is 0 Å². The fourth-order valence-corrected chi connectivity index (χ4v) is 2.72. The lowest BCUT2D eigenvalue weighted by atomic mass is 9.88. The summed E-state index contributed by atoms with van der Waals surface area (Å²) in [7, 11) is 0. The molecular weight excluding hydrogens is 216 g/mol. The Hall–Kier alpha value is -1.82. The molecule has 0 heterocycles. The molecule has 2 aromatic carbocycles. The first-order valence-corrected chi connectivity index (χ1v) is 6.75. The molecule has 1 aliphatic carbocycles. The van der Waals surface area contributed by atoms with Gasteiger partial charge in [0.25, 0.3) is 0 Å². The SMILES string of the molecule is C1=C(CCc2ccccc2)c2ccccc2CC1. The molecule has 0 heteroatoms. The van der Waals surface area contributed by atoms with E-state index in [1.807, 2.05) is 0 Å². The molecule has 0 radical (unpaired) electrons. The number of rotatable bonds is 3. The predicted molar refractivity (Wildman–Crippen MR) is 77.5 cm³/mol. The lowest BCUT2D eigenvalue weighted by molar-refractivity contribution is 0.937. The quantitative estimate of drug-likeness (QED) is 0.725. The van der Waals surface area contributed by atoms with E-state index in [0.717, 1.165) is 12.8 Å². The van der Waals surface area contributed by atoms with Crippen molar-refractivity contribution in [2.24, 2.45) is 0 Å². The highest BCUT2D eigenvalue weighted by Gasteiger charge is 2.11. The van der Waals surface area contributed by atoms with Crippen LogP contribution >= 0.6 is 0 Å². The Bertz CT molecular complexity index is 549. The molecule has 0 fully saturated rings. The molecule has 18 heavy (non-hydrogen) atoms. The summed E-state index contributed by atoms with van der Waals surface area (Å²) in [4.78, 5) is 0. The highest BCUT2D eigenvalue weighted by Crippen LogP contribution is 2.29. The average Bonchev–Trinajstić information content (AvgIpc) is 2.46. The normalized spacial score (nSPS) is 13.9. The third kappa shape index (κ3) is 2.38. The van der Waals surface area contributed by atoms with Gasteiger partial charge in [-0.1, -0.05) is 60.7 Å². The van der Waals surface area contributed by atoms with Crippen molar-refractivity contribution in [3.8, 4) is 0 Å². The number of fused-ring (bicyclic) bond motifs is 1. The Morgan fingerprint density at radius 2 is 1.56 bits per heavy atom. The summed E-state index contributed by atoms with van der Waals surface area (Å²) < 4.78 is 0. The lowest BCUT2D eigenvalue weighted by Gasteiger charge is -2.17. The molecule has 0 nitrogen and oxygen atoms in total. The van der Waals surface area contributed by atoms with E-state index in [1.165, 1.54) is 35.1 Å². The van der Waals surface area contributed by atoms with Crippen molar-refractivity contribution >= 4 is 5.57 Å². The third-order valence-corrected chi connectivity index (χ3v) is 3.69. The Labute approximate surface area is 109 Å². The van der Waals surface area contributed by atoms with Crippen LogP contribution in [0.25, 0.3) is 5.57 Å². The van der Waals surface area contributed by atoms with Crippen LogP contribution in [0.15, 0.2) is 60.7 Å². The minimum absolute atomic E-state index is 1.14. The lowest BCUT2D eigenvalue weighted by Crippen LogP contribution is -2.00. The topological polar surface area (TPSA) is 0 Å². The Balaban J connectivity index is 1.76. The van der Waals surface area contributed by atoms with Crippen molar-refractivity contribution < 1.29 is 0 Å². The summed E-state index contributed by atoms with van der Waals surface area (Å²) in [6, 6.07) is 19.6. The fourth-order valence-electron chi connectivity index (χ4n) is 2.72. The van der Waals surface area contributed by atoms with Crippen LogP contribution in [-0.4, -0.2) is 0 Å². The Morgan fingerprint density at radius 1 is 0.778 bits per heavy atom. The zero-order chi connectivity index (χ0) is 12.2. The smallest absolute Gasteiger partial charge is 0.0195 e.